The minimum atomic E-state index is 0.436. The third kappa shape index (κ3) is 4.06. The maximum absolute atomic E-state index is 5.95. The molecule has 0 amide bonds. The van der Waals surface area contributed by atoms with E-state index in [1.54, 1.807) is 0 Å². The summed E-state index contributed by atoms with van der Waals surface area (Å²) in [5, 5.41) is 4.12. The molecule has 2 nitrogen and oxygen atoms in total. The monoisotopic (exact) mass is 309 g/mol. The molecule has 0 atom stereocenters. The van der Waals surface area contributed by atoms with E-state index in [-0.39, 0.29) is 0 Å². The lowest BCUT2D eigenvalue weighted by Gasteiger charge is -2.12. The van der Waals surface area contributed by atoms with E-state index in [2.05, 4.69) is 5.32 Å². The summed E-state index contributed by atoms with van der Waals surface area (Å²) >= 11 is 11.8. The van der Waals surface area contributed by atoms with Crippen molar-refractivity contribution in [3.8, 4) is 5.75 Å². The van der Waals surface area contributed by atoms with Gasteiger partial charge in [-0.25, -0.2) is 0 Å². The molecule has 0 radical (unpaired) electrons. The zero-order chi connectivity index (χ0) is 14.4. The Morgan fingerprint density at radius 3 is 2.50 bits per heavy atom. The van der Waals surface area contributed by atoms with Crippen LogP contribution in [0.5, 0.6) is 5.75 Å². The summed E-state index contributed by atoms with van der Waals surface area (Å²) in [4.78, 5) is 0. The van der Waals surface area contributed by atoms with Crippen molar-refractivity contribution < 1.29 is 4.74 Å². The molecular weight excluding hydrogens is 293 g/mol. The van der Waals surface area contributed by atoms with Crippen molar-refractivity contribution in [2.45, 2.75) is 19.3 Å². The van der Waals surface area contributed by atoms with E-state index in [0.29, 0.717) is 12.5 Å². The molecule has 0 aliphatic rings. The van der Waals surface area contributed by atoms with E-state index in [0.717, 1.165) is 28.6 Å². The molecule has 4 heteroatoms. The van der Waals surface area contributed by atoms with E-state index in [9.17, 15) is 0 Å². The van der Waals surface area contributed by atoms with Crippen molar-refractivity contribution in [1.29, 1.82) is 0 Å². The average molecular weight is 310 g/mol. The normalized spacial score (nSPS) is 10.3. The standard InChI is InChI=1S/C16H17Cl2NO/c1-2-20-16-8-7-15(9-13(16)10-17)19-11-12-3-5-14(18)6-4-12/h3-9,19H,2,10-11H2,1H3. The summed E-state index contributed by atoms with van der Waals surface area (Å²) in [5.74, 6) is 1.28. The highest BCUT2D eigenvalue weighted by Gasteiger charge is 2.04. The number of ether oxygens (including phenoxy) is 1. The van der Waals surface area contributed by atoms with Crippen molar-refractivity contribution in [2.75, 3.05) is 11.9 Å². The van der Waals surface area contributed by atoms with Gasteiger partial charge in [0.15, 0.2) is 0 Å². The molecular formula is C16H17Cl2NO. The fourth-order valence-electron chi connectivity index (χ4n) is 1.90. The highest BCUT2D eigenvalue weighted by Crippen LogP contribution is 2.25. The number of anilines is 1. The SMILES string of the molecule is CCOc1ccc(NCc2ccc(Cl)cc2)cc1CCl. The second-order valence-corrected chi connectivity index (χ2v) is 5.07. The van der Waals surface area contributed by atoms with Gasteiger partial charge in [-0.05, 0) is 42.8 Å². The molecule has 2 rings (SSSR count). The maximum Gasteiger partial charge on any atom is 0.123 e. The molecule has 1 N–H and O–H groups in total. The first kappa shape index (κ1) is 15.0. The zero-order valence-corrected chi connectivity index (χ0v) is 12.8. The van der Waals surface area contributed by atoms with Crippen LogP contribution in [0.25, 0.3) is 0 Å². The predicted molar refractivity (Wildman–Crippen MR) is 85.9 cm³/mol. The van der Waals surface area contributed by atoms with Crippen molar-refractivity contribution in [1.82, 2.24) is 0 Å². The molecule has 2 aromatic rings. The molecule has 0 heterocycles. The molecule has 0 saturated heterocycles. The number of rotatable bonds is 6. The van der Waals surface area contributed by atoms with Crippen LogP contribution in [-0.2, 0) is 12.4 Å². The van der Waals surface area contributed by atoms with Gasteiger partial charge in [-0.3, -0.25) is 0 Å². The largest absolute Gasteiger partial charge is 0.494 e. The van der Waals surface area contributed by atoms with Gasteiger partial charge in [-0.15, -0.1) is 11.6 Å². The number of hydrogen-bond donors (Lipinski definition) is 1. The van der Waals surface area contributed by atoms with E-state index >= 15 is 0 Å². The van der Waals surface area contributed by atoms with Gasteiger partial charge in [0.25, 0.3) is 0 Å². The number of alkyl halides is 1. The molecule has 0 aromatic heterocycles. The van der Waals surface area contributed by atoms with Gasteiger partial charge < -0.3 is 10.1 Å². The smallest absolute Gasteiger partial charge is 0.123 e. The summed E-state index contributed by atoms with van der Waals surface area (Å²) in [6, 6.07) is 13.8. The molecule has 0 bridgehead atoms. The Bertz CT molecular complexity index is 555. The highest BCUT2D eigenvalue weighted by atomic mass is 35.5. The fourth-order valence-corrected chi connectivity index (χ4v) is 2.23. The second-order valence-electron chi connectivity index (χ2n) is 4.37. The maximum atomic E-state index is 5.95. The van der Waals surface area contributed by atoms with Gasteiger partial charge in [0.1, 0.15) is 5.75 Å². The van der Waals surface area contributed by atoms with Crippen LogP contribution in [0.4, 0.5) is 5.69 Å². The van der Waals surface area contributed by atoms with Crippen LogP contribution in [0.2, 0.25) is 5.02 Å². The van der Waals surface area contributed by atoms with Crippen LogP contribution >= 0.6 is 23.2 Å². The van der Waals surface area contributed by atoms with Gasteiger partial charge in [0.05, 0.1) is 12.5 Å². The predicted octanol–water partition coefficient (Wildman–Crippen LogP) is 5.09. The van der Waals surface area contributed by atoms with Crippen LogP contribution in [-0.4, -0.2) is 6.61 Å². The first-order valence-corrected chi connectivity index (χ1v) is 7.44. The molecule has 0 aliphatic carbocycles. The molecule has 0 unspecified atom stereocenters. The Hall–Kier alpha value is -1.38. The van der Waals surface area contributed by atoms with Crippen LogP contribution in [0, 0.1) is 0 Å². The van der Waals surface area contributed by atoms with Gasteiger partial charge in [-0.2, -0.15) is 0 Å². The van der Waals surface area contributed by atoms with E-state index in [4.69, 9.17) is 27.9 Å². The molecule has 20 heavy (non-hydrogen) atoms. The van der Waals surface area contributed by atoms with Crippen molar-refractivity contribution in [2.24, 2.45) is 0 Å². The van der Waals surface area contributed by atoms with Gasteiger partial charge >= 0.3 is 0 Å². The Morgan fingerprint density at radius 1 is 1.10 bits per heavy atom. The third-order valence-electron chi connectivity index (χ3n) is 2.91. The minimum Gasteiger partial charge on any atom is -0.494 e. The molecule has 0 fully saturated rings. The molecule has 0 saturated carbocycles. The van der Waals surface area contributed by atoms with Gasteiger partial charge in [-0.1, -0.05) is 23.7 Å². The first-order chi connectivity index (χ1) is 9.72. The zero-order valence-electron chi connectivity index (χ0n) is 11.3. The van der Waals surface area contributed by atoms with Crippen LogP contribution in [0.1, 0.15) is 18.1 Å². The van der Waals surface area contributed by atoms with Gasteiger partial charge in [0, 0.05) is 22.8 Å². The summed E-state index contributed by atoms with van der Waals surface area (Å²) in [6.45, 7) is 3.35. The molecule has 106 valence electrons. The number of hydrogen-bond acceptors (Lipinski definition) is 2. The Labute approximate surface area is 129 Å². The van der Waals surface area contributed by atoms with Gasteiger partial charge in [0.2, 0.25) is 0 Å². The minimum absolute atomic E-state index is 0.436. The summed E-state index contributed by atoms with van der Waals surface area (Å²) in [5.41, 5.74) is 3.20. The summed E-state index contributed by atoms with van der Waals surface area (Å²) < 4.78 is 5.53. The van der Waals surface area contributed by atoms with E-state index < -0.39 is 0 Å². The lowest BCUT2D eigenvalue weighted by atomic mass is 10.2. The lowest BCUT2D eigenvalue weighted by molar-refractivity contribution is 0.337. The third-order valence-corrected chi connectivity index (χ3v) is 3.45. The van der Waals surface area contributed by atoms with Crippen LogP contribution < -0.4 is 10.1 Å². The Morgan fingerprint density at radius 2 is 1.85 bits per heavy atom. The summed E-state index contributed by atoms with van der Waals surface area (Å²) in [7, 11) is 0. The molecule has 0 spiro atoms. The van der Waals surface area contributed by atoms with E-state index in [1.807, 2.05) is 49.4 Å². The highest BCUT2D eigenvalue weighted by molar-refractivity contribution is 6.30. The Kier molecular flexibility index (Phi) is 5.57. The van der Waals surface area contributed by atoms with Crippen molar-refractivity contribution in [3.63, 3.8) is 0 Å². The molecule has 2 aromatic carbocycles. The number of halogens is 2. The summed E-state index contributed by atoms with van der Waals surface area (Å²) in [6.07, 6.45) is 0. The number of nitrogens with one attached hydrogen (secondary N) is 1. The van der Waals surface area contributed by atoms with Crippen molar-refractivity contribution >= 4 is 28.9 Å². The topological polar surface area (TPSA) is 21.3 Å². The number of benzene rings is 2. The quantitative estimate of drug-likeness (QED) is 0.750. The van der Waals surface area contributed by atoms with Crippen LogP contribution in [0.3, 0.4) is 0 Å². The lowest BCUT2D eigenvalue weighted by Crippen LogP contribution is -2.01. The van der Waals surface area contributed by atoms with Crippen LogP contribution in [0.15, 0.2) is 42.5 Å². The van der Waals surface area contributed by atoms with Crippen molar-refractivity contribution in [3.05, 3.63) is 58.6 Å². The Balaban J connectivity index is 2.04. The molecule has 0 aliphatic heterocycles. The van der Waals surface area contributed by atoms with E-state index in [1.165, 1.54) is 5.56 Å². The average Bonchev–Trinajstić information content (AvgIpc) is 2.48. The second kappa shape index (κ2) is 7.41. The fraction of sp³-hybridized carbons (Fsp3) is 0.250. The first-order valence-electron chi connectivity index (χ1n) is 6.53.